The Morgan fingerprint density at radius 2 is 1.69 bits per heavy atom. The van der Waals surface area contributed by atoms with Gasteiger partial charge in [-0.15, -0.1) is 0 Å². The van der Waals surface area contributed by atoms with Crippen molar-refractivity contribution in [2.45, 2.75) is 46.5 Å². The number of nitrogens with one attached hydrogen (secondary N) is 1. The molecule has 0 atom stereocenters. The summed E-state index contributed by atoms with van der Waals surface area (Å²) in [4.78, 5) is 11.8. The highest BCUT2D eigenvalue weighted by molar-refractivity contribution is 5.92. The van der Waals surface area contributed by atoms with Crippen molar-refractivity contribution in [2.75, 3.05) is 12.4 Å². The minimum atomic E-state index is -0.0936. The number of benzene rings is 3. The summed E-state index contributed by atoms with van der Waals surface area (Å²) in [6, 6.07) is 23.3. The van der Waals surface area contributed by atoms with Gasteiger partial charge in [0.25, 0.3) is 0 Å². The molecule has 1 aliphatic carbocycles. The Bertz CT molecular complexity index is 1430. The van der Waals surface area contributed by atoms with Gasteiger partial charge in [0.2, 0.25) is 5.91 Å². The lowest BCUT2D eigenvalue weighted by atomic mass is 9.83. The van der Waals surface area contributed by atoms with Crippen molar-refractivity contribution in [1.82, 2.24) is 4.57 Å². The second kappa shape index (κ2) is 9.10. The molecular weight excluding hydrogens is 432 g/mol. The van der Waals surface area contributed by atoms with Gasteiger partial charge in [0.05, 0.1) is 18.5 Å². The quantitative estimate of drug-likeness (QED) is 0.336. The topological polar surface area (TPSA) is 43.3 Å². The molecule has 1 amide bonds. The van der Waals surface area contributed by atoms with Crippen LogP contribution in [0.2, 0.25) is 0 Å². The summed E-state index contributed by atoms with van der Waals surface area (Å²) in [6.45, 7) is 8.23. The van der Waals surface area contributed by atoms with E-state index in [1.165, 1.54) is 51.7 Å². The molecule has 1 heterocycles. The second-order valence-electron chi connectivity index (χ2n) is 9.59. The third-order valence-corrected chi connectivity index (χ3v) is 7.04. The Morgan fingerprint density at radius 1 is 0.971 bits per heavy atom. The smallest absolute Gasteiger partial charge is 0.221 e. The van der Waals surface area contributed by atoms with Crippen molar-refractivity contribution in [3.63, 3.8) is 0 Å². The van der Waals surface area contributed by atoms with Crippen molar-refractivity contribution in [1.29, 1.82) is 0 Å². The maximum absolute atomic E-state index is 11.8. The van der Waals surface area contributed by atoms with Crippen LogP contribution in [0.1, 0.15) is 49.1 Å². The molecule has 0 saturated heterocycles. The van der Waals surface area contributed by atoms with Crippen molar-refractivity contribution < 1.29 is 9.53 Å². The molecule has 0 unspecified atom stereocenters. The van der Waals surface area contributed by atoms with Crippen molar-refractivity contribution >= 4 is 11.6 Å². The molecule has 1 aliphatic rings. The maximum atomic E-state index is 11.8. The van der Waals surface area contributed by atoms with Gasteiger partial charge >= 0.3 is 0 Å². The summed E-state index contributed by atoms with van der Waals surface area (Å²) in [5, 5.41) is 2.94. The number of fused-ring (bicyclic) bond motifs is 3. The van der Waals surface area contributed by atoms with Crippen molar-refractivity contribution in [3.8, 4) is 33.8 Å². The number of carbonyl (C=O) groups excluding carboxylic acids is 1. The first kappa shape index (κ1) is 23.0. The van der Waals surface area contributed by atoms with Gasteiger partial charge in [-0.2, -0.15) is 0 Å². The first-order valence-electron chi connectivity index (χ1n) is 12.3. The number of nitrogens with zero attached hydrogens (tertiary/aromatic N) is 1. The minimum absolute atomic E-state index is 0.0936. The van der Waals surface area contributed by atoms with E-state index >= 15 is 0 Å². The number of hydrogen-bond acceptors (Lipinski definition) is 2. The van der Waals surface area contributed by atoms with Gasteiger partial charge in [0.1, 0.15) is 5.75 Å². The standard InChI is InChI=1S/C31H32N2O2/c1-19(2)24-11-8-9-13-27(24)31-30-25(16-14-22-10-6-7-12-26(22)30)20(3)33(31)28-18-23(32-21(4)34)15-17-29(28)35-5/h6-13,15,17-19H,14,16H2,1-5H3,(H,32,34). The predicted molar refractivity (Wildman–Crippen MR) is 144 cm³/mol. The predicted octanol–water partition coefficient (Wildman–Crippen LogP) is 7.31. The summed E-state index contributed by atoms with van der Waals surface area (Å²) < 4.78 is 8.20. The molecule has 0 saturated carbocycles. The monoisotopic (exact) mass is 464 g/mol. The number of hydrogen-bond donors (Lipinski definition) is 1. The summed E-state index contributed by atoms with van der Waals surface area (Å²) >= 11 is 0. The largest absolute Gasteiger partial charge is 0.495 e. The maximum Gasteiger partial charge on any atom is 0.221 e. The number of aromatic nitrogens is 1. The Kier molecular flexibility index (Phi) is 5.98. The van der Waals surface area contributed by atoms with Gasteiger partial charge in [-0.25, -0.2) is 0 Å². The fourth-order valence-electron chi connectivity index (χ4n) is 5.49. The van der Waals surface area contributed by atoms with Gasteiger partial charge in [-0.05, 0) is 66.1 Å². The molecule has 4 nitrogen and oxygen atoms in total. The van der Waals surface area contributed by atoms with Crippen molar-refractivity contribution in [3.05, 3.63) is 89.1 Å². The number of anilines is 1. The second-order valence-corrected chi connectivity index (χ2v) is 9.59. The summed E-state index contributed by atoms with van der Waals surface area (Å²) in [5.74, 6) is 1.05. The average Bonchev–Trinajstić information content (AvgIpc) is 3.16. The normalized spacial score (nSPS) is 12.3. The van der Waals surface area contributed by atoms with Crippen molar-refractivity contribution in [2.24, 2.45) is 0 Å². The lowest BCUT2D eigenvalue weighted by Crippen LogP contribution is -2.08. The Balaban J connectivity index is 1.90. The molecule has 0 bridgehead atoms. The highest BCUT2D eigenvalue weighted by atomic mass is 16.5. The summed E-state index contributed by atoms with van der Waals surface area (Å²) in [7, 11) is 1.70. The Labute approximate surface area is 207 Å². The van der Waals surface area contributed by atoms with Gasteiger partial charge < -0.3 is 14.6 Å². The molecule has 4 heteroatoms. The lowest BCUT2D eigenvalue weighted by Gasteiger charge is -2.22. The first-order chi connectivity index (χ1) is 16.9. The molecule has 1 aromatic heterocycles. The van der Waals surface area contributed by atoms with E-state index in [1.54, 1.807) is 7.11 Å². The molecule has 1 N–H and O–H groups in total. The van der Waals surface area contributed by atoms with Crippen LogP contribution in [0.3, 0.4) is 0 Å². The molecule has 178 valence electrons. The lowest BCUT2D eigenvalue weighted by molar-refractivity contribution is -0.114. The fourth-order valence-corrected chi connectivity index (χ4v) is 5.49. The van der Waals surface area contributed by atoms with Gasteiger partial charge in [-0.1, -0.05) is 62.4 Å². The van der Waals surface area contributed by atoms with E-state index in [0.29, 0.717) is 5.92 Å². The molecule has 5 rings (SSSR count). The van der Waals surface area contributed by atoms with E-state index in [4.69, 9.17) is 4.74 Å². The highest BCUT2D eigenvalue weighted by Crippen LogP contribution is 2.48. The van der Waals surface area contributed by atoms with Crippen LogP contribution in [0, 0.1) is 6.92 Å². The summed E-state index contributed by atoms with van der Waals surface area (Å²) in [5.41, 5.74) is 12.0. The third-order valence-electron chi connectivity index (χ3n) is 7.04. The number of ether oxygens (including phenoxy) is 1. The van der Waals surface area contributed by atoms with Gasteiger partial charge in [0, 0.05) is 29.4 Å². The van der Waals surface area contributed by atoms with Crippen LogP contribution in [-0.4, -0.2) is 17.6 Å². The number of amides is 1. The number of methoxy groups -OCH3 is 1. The molecule has 3 aromatic carbocycles. The van der Waals surface area contributed by atoms with Crippen LogP contribution >= 0.6 is 0 Å². The van der Waals surface area contributed by atoms with Gasteiger partial charge in [-0.3, -0.25) is 4.79 Å². The zero-order valence-corrected chi connectivity index (χ0v) is 21.1. The van der Waals surface area contributed by atoms with E-state index < -0.39 is 0 Å². The molecule has 0 radical (unpaired) electrons. The van der Waals surface area contributed by atoms with Crippen LogP contribution in [0.5, 0.6) is 5.75 Å². The van der Waals surface area contributed by atoms with E-state index in [-0.39, 0.29) is 5.91 Å². The average molecular weight is 465 g/mol. The molecular formula is C31H32N2O2. The molecule has 4 aromatic rings. The molecule has 35 heavy (non-hydrogen) atoms. The SMILES string of the molecule is COc1ccc(NC(C)=O)cc1-n1c(C)c2c(c1-c1ccccc1C(C)C)-c1ccccc1CC2. The fraction of sp³-hybridized carbons (Fsp3) is 0.258. The first-order valence-corrected chi connectivity index (χ1v) is 12.3. The molecule has 0 spiro atoms. The third kappa shape index (κ3) is 3.93. The van der Waals surface area contributed by atoms with Crippen LogP contribution in [0.25, 0.3) is 28.1 Å². The van der Waals surface area contributed by atoms with E-state index in [2.05, 4.69) is 79.2 Å². The van der Waals surface area contributed by atoms with Gasteiger partial charge in [0.15, 0.2) is 0 Å². The molecule has 0 fully saturated rings. The minimum Gasteiger partial charge on any atom is -0.495 e. The Morgan fingerprint density at radius 3 is 2.40 bits per heavy atom. The van der Waals surface area contributed by atoms with Crippen LogP contribution in [-0.2, 0) is 17.6 Å². The van der Waals surface area contributed by atoms with E-state index in [0.717, 1.165) is 30.0 Å². The van der Waals surface area contributed by atoms with Crippen LogP contribution in [0.15, 0.2) is 66.7 Å². The number of carbonyl (C=O) groups is 1. The van der Waals surface area contributed by atoms with E-state index in [1.807, 2.05) is 18.2 Å². The Hall–Kier alpha value is -3.79. The zero-order chi connectivity index (χ0) is 24.7. The summed E-state index contributed by atoms with van der Waals surface area (Å²) in [6.07, 6.45) is 2.03. The molecule has 0 aliphatic heterocycles. The van der Waals surface area contributed by atoms with Crippen LogP contribution in [0.4, 0.5) is 5.69 Å². The van der Waals surface area contributed by atoms with E-state index in [9.17, 15) is 4.79 Å². The number of rotatable bonds is 5. The highest BCUT2D eigenvalue weighted by Gasteiger charge is 2.30. The zero-order valence-electron chi connectivity index (χ0n) is 21.1. The number of aryl methyl sites for hydroxylation is 1. The van der Waals surface area contributed by atoms with Crippen LogP contribution < -0.4 is 10.1 Å².